The first-order chi connectivity index (χ1) is 8.21. The first-order valence-electron chi connectivity index (χ1n) is 4.73. The predicted octanol–water partition coefficient (Wildman–Crippen LogP) is 0.306. The minimum atomic E-state index is -4.85. The van der Waals surface area contributed by atoms with Crippen molar-refractivity contribution in [2.45, 2.75) is 11.7 Å². The zero-order chi connectivity index (χ0) is 13.9. The van der Waals surface area contributed by atoms with Gasteiger partial charge in [0.2, 0.25) is 0 Å². The number of aliphatic carboxylic acids is 1. The SMILES string of the molecule is O=C(CC(C(=O)O)S(=O)(=O)O)c1ccc(O)cc1. The number of carboxylic acids is 1. The van der Waals surface area contributed by atoms with Gasteiger partial charge in [0.05, 0.1) is 0 Å². The molecule has 0 bridgehead atoms. The Bertz CT molecular complexity index is 558. The molecule has 1 aromatic carbocycles. The van der Waals surface area contributed by atoms with E-state index in [4.69, 9.17) is 14.8 Å². The lowest BCUT2D eigenvalue weighted by Crippen LogP contribution is -2.32. The summed E-state index contributed by atoms with van der Waals surface area (Å²) in [6, 6.07) is 4.86. The highest BCUT2D eigenvalue weighted by Crippen LogP contribution is 2.14. The van der Waals surface area contributed by atoms with Crippen LogP contribution in [0.2, 0.25) is 0 Å². The van der Waals surface area contributed by atoms with E-state index in [2.05, 4.69) is 0 Å². The monoisotopic (exact) mass is 274 g/mol. The first-order valence-corrected chi connectivity index (χ1v) is 6.23. The van der Waals surface area contributed by atoms with Gasteiger partial charge in [0.1, 0.15) is 5.75 Å². The van der Waals surface area contributed by atoms with Crippen LogP contribution in [-0.2, 0) is 14.9 Å². The summed E-state index contributed by atoms with van der Waals surface area (Å²) in [7, 11) is -4.85. The fourth-order valence-electron chi connectivity index (χ4n) is 1.25. The van der Waals surface area contributed by atoms with E-state index in [1.165, 1.54) is 24.3 Å². The highest BCUT2D eigenvalue weighted by atomic mass is 32.2. The van der Waals surface area contributed by atoms with Gasteiger partial charge in [-0.2, -0.15) is 8.42 Å². The second-order valence-corrected chi connectivity index (χ2v) is 5.12. The lowest BCUT2D eigenvalue weighted by Gasteiger charge is -2.08. The van der Waals surface area contributed by atoms with Crippen molar-refractivity contribution in [1.82, 2.24) is 0 Å². The van der Waals surface area contributed by atoms with Gasteiger partial charge in [-0.25, -0.2) is 0 Å². The van der Waals surface area contributed by atoms with E-state index in [0.29, 0.717) is 0 Å². The summed E-state index contributed by atoms with van der Waals surface area (Å²) in [6.07, 6.45) is -0.876. The average molecular weight is 274 g/mol. The van der Waals surface area contributed by atoms with Gasteiger partial charge in [0.15, 0.2) is 11.0 Å². The maximum atomic E-state index is 11.6. The lowest BCUT2D eigenvalue weighted by molar-refractivity contribution is -0.136. The molecule has 0 radical (unpaired) electrons. The van der Waals surface area contributed by atoms with Crippen LogP contribution in [0.3, 0.4) is 0 Å². The molecule has 0 aliphatic rings. The fourth-order valence-corrected chi connectivity index (χ4v) is 1.87. The molecule has 0 aliphatic heterocycles. The number of carbonyl (C=O) groups excluding carboxylic acids is 1. The minimum Gasteiger partial charge on any atom is -0.508 e. The molecule has 0 aromatic heterocycles. The van der Waals surface area contributed by atoms with E-state index >= 15 is 0 Å². The Morgan fingerprint density at radius 2 is 1.67 bits per heavy atom. The van der Waals surface area contributed by atoms with Crippen LogP contribution in [-0.4, -0.2) is 40.2 Å². The van der Waals surface area contributed by atoms with E-state index in [1.54, 1.807) is 0 Å². The molecule has 0 saturated carbocycles. The Hall–Kier alpha value is -1.93. The maximum Gasteiger partial charge on any atom is 0.324 e. The highest BCUT2D eigenvalue weighted by Gasteiger charge is 2.33. The van der Waals surface area contributed by atoms with Crippen molar-refractivity contribution in [3.05, 3.63) is 29.8 Å². The van der Waals surface area contributed by atoms with E-state index in [-0.39, 0.29) is 11.3 Å². The molecule has 0 saturated heterocycles. The number of aromatic hydroxyl groups is 1. The van der Waals surface area contributed by atoms with Crippen LogP contribution in [0.1, 0.15) is 16.8 Å². The fraction of sp³-hybridized carbons (Fsp3) is 0.200. The molecule has 0 heterocycles. The van der Waals surface area contributed by atoms with Crippen LogP contribution in [0.4, 0.5) is 0 Å². The molecule has 7 nitrogen and oxygen atoms in total. The largest absolute Gasteiger partial charge is 0.508 e. The van der Waals surface area contributed by atoms with Gasteiger partial charge in [0, 0.05) is 12.0 Å². The predicted molar refractivity (Wildman–Crippen MR) is 60.0 cm³/mol. The maximum absolute atomic E-state index is 11.6. The third-order valence-electron chi connectivity index (χ3n) is 2.20. The second kappa shape index (κ2) is 5.15. The Morgan fingerprint density at radius 1 is 1.17 bits per heavy atom. The van der Waals surface area contributed by atoms with Gasteiger partial charge in [-0.3, -0.25) is 14.1 Å². The number of hydrogen-bond acceptors (Lipinski definition) is 5. The number of carbonyl (C=O) groups is 2. The van der Waals surface area contributed by atoms with Crippen molar-refractivity contribution in [3.63, 3.8) is 0 Å². The van der Waals surface area contributed by atoms with Gasteiger partial charge >= 0.3 is 5.97 Å². The molecule has 98 valence electrons. The summed E-state index contributed by atoms with van der Waals surface area (Å²) in [4.78, 5) is 22.2. The molecule has 1 rings (SSSR count). The molecule has 0 aliphatic carbocycles. The number of rotatable bonds is 5. The van der Waals surface area contributed by atoms with Crippen LogP contribution in [0, 0.1) is 0 Å². The third-order valence-corrected chi connectivity index (χ3v) is 3.28. The van der Waals surface area contributed by atoms with Gasteiger partial charge in [0.25, 0.3) is 10.1 Å². The van der Waals surface area contributed by atoms with Crippen molar-refractivity contribution in [2.75, 3.05) is 0 Å². The molecule has 0 spiro atoms. The van der Waals surface area contributed by atoms with Crippen molar-refractivity contribution in [2.24, 2.45) is 0 Å². The van der Waals surface area contributed by atoms with Gasteiger partial charge < -0.3 is 10.2 Å². The number of phenols is 1. The van der Waals surface area contributed by atoms with Crippen molar-refractivity contribution < 1.29 is 32.8 Å². The Labute approximate surface area is 102 Å². The zero-order valence-electron chi connectivity index (χ0n) is 8.98. The summed E-state index contributed by atoms with van der Waals surface area (Å²) in [5, 5.41) is 15.4. The standard InChI is InChI=1S/C10H10O7S/c11-7-3-1-6(2-4-7)8(12)5-9(10(13)14)18(15,16)17/h1-4,9,11H,5H2,(H,13,14)(H,15,16,17). The smallest absolute Gasteiger partial charge is 0.324 e. The number of hydrogen-bond donors (Lipinski definition) is 3. The van der Waals surface area contributed by atoms with Crippen LogP contribution in [0.25, 0.3) is 0 Å². The zero-order valence-corrected chi connectivity index (χ0v) is 9.79. The van der Waals surface area contributed by atoms with E-state index in [0.717, 1.165) is 0 Å². The van der Waals surface area contributed by atoms with Crippen LogP contribution in [0.5, 0.6) is 5.75 Å². The molecule has 3 N–H and O–H groups in total. The minimum absolute atomic E-state index is 0.0442. The summed E-state index contributed by atoms with van der Waals surface area (Å²) in [5.74, 6) is -2.65. The van der Waals surface area contributed by atoms with Crippen LogP contribution in [0.15, 0.2) is 24.3 Å². The molecular weight excluding hydrogens is 264 g/mol. The van der Waals surface area contributed by atoms with Crippen LogP contribution < -0.4 is 0 Å². The van der Waals surface area contributed by atoms with Gasteiger partial charge in [-0.1, -0.05) is 0 Å². The number of phenolic OH excluding ortho intramolecular Hbond substituents is 1. The van der Waals surface area contributed by atoms with Crippen LogP contribution >= 0.6 is 0 Å². The molecule has 1 unspecified atom stereocenters. The summed E-state index contributed by atoms with van der Waals surface area (Å²) in [5.41, 5.74) is 0.0442. The molecule has 8 heteroatoms. The number of carboxylic acid groups (broad SMARTS) is 1. The Balaban J connectivity index is 2.93. The van der Waals surface area contributed by atoms with Gasteiger partial charge in [-0.05, 0) is 24.3 Å². The molecule has 0 amide bonds. The van der Waals surface area contributed by atoms with E-state index in [1.807, 2.05) is 0 Å². The summed E-state index contributed by atoms with van der Waals surface area (Å²) in [6.45, 7) is 0. The molecule has 0 fully saturated rings. The summed E-state index contributed by atoms with van der Waals surface area (Å²) >= 11 is 0. The lowest BCUT2D eigenvalue weighted by atomic mass is 10.1. The molecule has 1 atom stereocenters. The number of Topliss-reactive ketones (excluding diaryl/α,β-unsaturated/α-hetero) is 1. The van der Waals surface area contributed by atoms with Gasteiger partial charge in [-0.15, -0.1) is 0 Å². The number of ketones is 1. The van der Waals surface area contributed by atoms with Crippen molar-refractivity contribution in [1.29, 1.82) is 0 Å². The summed E-state index contributed by atoms with van der Waals surface area (Å²) < 4.78 is 30.2. The van der Waals surface area contributed by atoms with Crippen molar-refractivity contribution in [3.8, 4) is 5.75 Å². The van der Waals surface area contributed by atoms with E-state index < -0.39 is 33.5 Å². The number of benzene rings is 1. The van der Waals surface area contributed by atoms with Crippen molar-refractivity contribution >= 4 is 21.9 Å². The molecule has 18 heavy (non-hydrogen) atoms. The Kier molecular flexibility index (Phi) is 4.04. The molecular formula is C10H10O7S. The first kappa shape index (κ1) is 14.1. The second-order valence-electron chi connectivity index (χ2n) is 3.52. The quantitative estimate of drug-likeness (QED) is 0.520. The normalized spacial score (nSPS) is 12.9. The third kappa shape index (κ3) is 3.54. The highest BCUT2D eigenvalue weighted by molar-refractivity contribution is 7.87. The average Bonchev–Trinajstić information content (AvgIpc) is 2.24. The van der Waals surface area contributed by atoms with E-state index in [9.17, 15) is 18.0 Å². The molecule has 1 aromatic rings. The Morgan fingerprint density at radius 3 is 2.06 bits per heavy atom. The topological polar surface area (TPSA) is 129 Å².